The van der Waals surface area contributed by atoms with Crippen LogP contribution in [-0.4, -0.2) is 44.9 Å². The maximum absolute atomic E-state index is 11.9. The fourth-order valence-corrected chi connectivity index (χ4v) is 2.04. The fourth-order valence-electron chi connectivity index (χ4n) is 2.04. The Bertz CT molecular complexity index is 511. The number of H-pyrrole nitrogens is 1. The van der Waals surface area contributed by atoms with E-state index in [1.165, 1.54) is 0 Å². The molecule has 0 aliphatic carbocycles. The molecule has 8 heteroatoms. The molecular formula is C14H22N4O4. The SMILES string of the molecule is CC(=O)O.CC[C@H](C)[C@@H]1NC(=O)[C@H](Cc2cnc[nH]2)NC1=O. The van der Waals surface area contributed by atoms with Crippen molar-refractivity contribution < 1.29 is 19.5 Å². The summed E-state index contributed by atoms with van der Waals surface area (Å²) < 4.78 is 0. The Morgan fingerprint density at radius 1 is 1.36 bits per heavy atom. The van der Waals surface area contributed by atoms with Gasteiger partial charge < -0.3 is 20.7 Å². The molecule has 0 spiro atoms. The first-order valence-corrected chi connectivity index (χ1v) is 7.12. The molecule has 0 radical (unpaired) electrons. The number of hydrogen-bond donors (Lipinski definition) is 4. The Kier molecular flexibility index (Phi) is 6.55. The van der Waals surface area contributed by atoms with Crippen molar-refractivity contribution >= 4 is 17.8 Å². The molecule has 1 fully saturated rings. The highest BCUT2D eigenvalue weighted by molar-refractivity contribution is 5.97. The van der Waals surface area contributed by atoms with Crippen LogP contribution < -0.4 is 10.6 Å². The van der Waals surface area contributed by atoms with E-state index in [1.54, 1.807) is 12.5 Å². The zero-order chi connectivity index (χ0) is 16.7. The molecule has 2 heterocycles. The van der Waals surface area contributed by atoms with Crippen LogP contribution in [0.15, 0.2) is 12.5 Å². The zero-order valence-electron chi connectivity index (χ0n) is 12.9. The third kappa shape index (κ3) is 5.19. The number of piperazine rings is 1. The van der Waals surface area contributed by atoms with E-state index >= 15 is 0 Å². The predicted molar refractivity (Wildman–Crippen MR) is 78.9 cm³/mol. The molecular weight excluding hydrogens is 288 g/mol. The highest BCUT2D eigenvalue weighted by atomic mass is 16.4. The van der Waals surface area contributed by atoms with Crippen LogP contribution >= 0.6 is 0 Å². The summed E-state index contributed by atoms with van der Waals surface area (Å²) in [5.74, 6) is -0.926. The quantitative estimate of drug-likeness (QED) is 0.626. The molecule has 0 unspecified atom stereocenters. The molecule has 1 aromatic rings. The number of aromatic nitrogens is 2. The number of carbonyl (C=O) groups is 3. The molecule has 2 amide bonds. The topological polar surface area (TPSA) is 124 Å². The van der Waals surface area contributed by atoms with Gasteiger partial charge in [-0.1, -0.05) is 20.3 Å². The number of carboxylic acid groups (broad SMARTS) is 1. The fraction of sp³-hybridized carbons (Fsp3) is 0.571. The lowest BCUT2D eigenvalue weighted by molar-refractivity contribution is -0.138. The minimum Gasteiger partial charge on any atom is -0.481 e. The summed E-state index contributed by atoms with van der Waals surface area (Å²) in [6.07, 6.45) is 4.49. The number of rotatable bonds is 4. The number of nitrogens with zero attached hydrogens (tertiary/aromatic N) is 1. The Balaban J connectivity index is 0.000000541. The van der Waals surface area contributed by atoms with Crippen LogP contribution in [0.5, 0.6) is 0 Å². The lowest BCUT2D eigenvalue weighted by Crippen LogP contribution is -2.64. The largest absolute Gasteiger partial charge is 0.481 e. The lowest BCUT2D eigenvalue weighted by atomic mass is 9.95. The summed E-state index contributed by atoms with van der Waals surface area (Å²) in [4.78, 5) is 39.7. The van der Waals surface area contributed by atoms with E-state index in [2.05, 4.69) is 20.6 Å². The summed E-state index contributed by atoms with van der Waals surface area (Å²) in [5.41, 5.74) is 0.831. The van der Waals surface area contributed by atoms with E-state index in [0.717, 1.165) is 19.0 Å². The van der Waals surface area contributed by atoms with Crippen molar-refractivity contribution in [3.05, 3.63) is 18.2 Å². The number of carboxylic acids is 1. The highest BCUT2D eigenvalue weighted by Crippen LogP contribution is 2.12. The second-order valence-electron chi connectivity index (χ2n) is 5.23. The van der Waals surface area contributed by atoms with Gasteiger partial charge in [0, 0.05) is 25.2 Å². The molecule has 0 bridgehead atoms. The van der Waals surface area contributed by atoms with E-state index in [4.69, 9.17) is 9.90 Å². The van der Waals surface area contributed by atoms with E-state index in [0.29, 0.717) is 6.42 Å². The van der Waals surface area contributed by atoms with Gasteiger partial charge >= 0.3 is 0 Å². The Morgan fingerprint density at radius 2 is 2.00 bits per heavy atom. The molecule has 1 aromatic heterocycles. The molecule has 1 aliphatic heterocycles. The monoisotopic (exact) mass is 310 g/mol. The van der Waals surface area contributed by atoms with Gasteiger partial charge in [0.25, 0.3) is 5.97 Å². The Morgan fingerprint density at radius 3 is 2.50 bits per heavy atom. The van der Waals surface area contributed by atoms with Crippen molar-refractivity contribution in [2.75, 3.05) is 0 Å². The zero-order valence-corrected chi connectivity index (χ0v) is 12.9. The van der Waals surface area contributed by atoms with Gasteiger partial charge in [0.15, 0.2) is 0 Å². The molecule has 8 nitrogen and oxygen atoms in total. The molecule has 0 saturated carbocycles. The minimum absolute atomic E-state index is 0.103. The van der Waals surface area contributed by atoms with Gasteiger partial charge in [0.1, 0.15) is 12.1 Å². The van der Waals surface area contributed by atoms with E-state index < -0.39 is 18.1 Å². The molecule has 1 aliphatic rings. The van der Waals surface area contributed by atoms with Crippen LogP contribution in [0.1, 0.15) is 32.9 Å². The summed E-state index contributed by atoms with van der Waals surface area (Å²) in [5, 5.41) is 13.0. The van der Waals surface area contributed by atoms with Gasteiger partial charge in [-0.25, -0.2) is 4.98 Å². The summed E-state index contributed by atoms with van der Waals surface area (Å²) in [7, 11) is 0. The van der Waals surface area contributed by atoms with Gasteiger partial charge in [0.2, 0.25) is 11.8 Å². The molecule has 0 aromatic carbocycles. The van der Waals surface area contributed by atoms with Crippen LogP contribution in [0.3, 0.4) is 0 Å². The lowest BCUT2D eigenvalue weighted by Gasteiger charge is -2.32. The summed E-state index contributed by atoms with van der Waals surface area (Å²) >= 11 is 0. The van der Waals surface area contributed by atoms with Crippen LogP contribution in [0, 0.1) is 5.92 Å². The van der Waals surface area contributed by atoms with Gasteiger partial charge in [0.05, 0.1) is 6.33 Å². The number of amides is 2. The maximum atomic E-state index is 11.9. The van der Waals surface area contributed by atoms with E-state index in [1.807, 2.05) is 13.8 Å². The van der Waals surface area contributed by atoms with Gasteiger partial charge in [-0.15, -0.1) is 0 Å². The van der Waals surface area contributed by atoms with Gasteiger partial charge in [-0.3, -0.25) is 14.4 Å². The predicted octanol–water partition coefficient (Wildman–Crippen LogP) is 0.0724. The molecule has 122 valence electrons. The molecule has 4 N–H and O–H groups in total. The second kappa shape index (κ2) is 8.16. The smallest absolute Gasteiger partial charge is 0.300 e. The number of aliphatic carboxylic acids is 1. The van der Waals surface area contributed by atoms with Crippen molar-refractivity contribution in [2.24, 2.45) is 5.92 Å². The summed E-state index contributed by atoms with van der Waals surface area (Å²) in [6.45, 7) is 5.04. The molecule has 22 heavy (non-hydrogen) atoms. The van der Waals surface area contributed by atoms with Crippen LogP contribution in [0.25, 0.3) is 0 Å². The first kappa shape index (κ1) is 17.7. The summed E-state index contributed by atoms with van der Waals surface area (Å²) in [6, 6.07) is -0.932. The van der Waals surface area contributed by atoms with Crippen LogP contribution in [0.4, 0.5) is 0 Å². The Hall–Kier alpha value is -2.38. The number of nitrogens with one attached hydrogen (secondary N) is 3. The van der Waals surface area contributed by atoms with E-state index in [9.17, 15) is 9.59 Å². The van der Waals surface area contributed by atoms with Gasteiger partial charge in [-0.05, 0) is 5.92 Å². The number of imidazole rings is 1. The van der Waals surface area contributed by atoms with Crippen molar-refractivity contribution in [1.29, 1.82) is 0 Å². The normalized spacial score (nSPS) is 22.0. The molecule has 1 saturated heterocycles. The van der Waals surface area contributed by atoms with Crippen LogP contribution in [-0.2, 0) is 20.8 Å². The third-order valence-corrected chi connectivity index (χ3v) is 3.41. The average Bonchev–Trinajstić information content (AvgIpc) is 2.94. The van der Waals surface area contributed by atoms with Crippen molar-refractivity contribution in [1.82, 2.24) is 20.6 Å². The maximum Gasteiger partial charge on any atom is 0.300 e. The first-order chi connectivity index (χ1) is 10.3. The van der Waals surface area contributed by atoms with Crippen molar-refractivity contribution in [3.8, 4) is 0 Å². The van der Waals surface area contributed by atoms with Crippen LogP contribution in [0.2, 0.25) is 0 Å². The number of aromatic amines is 1. The minimum atomic E-state index is -0.833. The first-order valence-electron chi connectivity index (χ1n) is 7.12. The second-order valence-corrected chi connectivity index (χ2v) is 5.23. The molecule has 3 atom stereocenters. The van der Waals surface area contributed by atoms with Crippen molar-refractivity contribution in [3.63, 3.8) is 0 Å². The molecule has 2 rings (SSSR count). The highest BCUT2D eigenvalue weighted by Gasteiger charge is 2.35. The average molecular weight is 310 g/mol. The van der Waals surface area contributed by atoms with E-state index in [-0.39, 0.29) is 17.7 Å². The standard InChI is InChI=1S/C12H18N4O2.C2H4O2/c1-3-7(2)10-12(18)15-9(11(17)16-10)4-8-5-13-6-14-8;1-2(3)4/h5-7,9-10H,3-4H2,1-2H3,(H,13,14)(H,15,18)(H,16,17);1H3,(H,3,4)/t7-,9-,10-;/m0./s1. The van der Waals surface area contributed by atoms with Gasteiger partial charge in [-0.2, -0.15) is 0 Å². The number of carbonyl (C=O) groups excluding carboxylic acids is 2. The Labute approximate surface area is 128 Å². The van der Waals surface area contributed by atoms with Crippen molar-refractivity contribution in [2.45, 2.75) is 45.7 Å². The third-order valence-electron chi connectivity index (χ3n) is 3.41. The number of hydrogen-bond acceptors (Lipinski definition) is 4.